The quantitative estimate of drug-likeness (QED) is 0.717. The van der Waals surface area contributed by atoms with E-state index < -0.39 is 0 Å². The van der Waals surface area contributed by atoms with E-state index >= 15 is 0 Å². The normalized spacial score (nSPS) is 17.4. The van der Waals surface area contributed by atoms with E-state index in [0.717, 1.165) is 48.4 Å². The summed E-state index contributed by atoms with van der Waals surface area (Å²) in [6.45, 7) is 3.46. The molecule has 1 aliphatic heterocycles. The van der Waals surface area contributed by atoms with Crippen molar-refractivity contribution >= 4 is 27.5 Å². The van der Waals surface area contributed by atoms with E-state index in [2.05, 4.69) is 14.9 Å². The van der Waals surface area contributed by atoms with Crippen molar-refractivity contribution in [2.24, 2.45) is 0 Å². The minimum absolute atomic E-state index is 0.00380. The fourth-order valence-corrected chi connectivity index (χ4v) is 5.56. The average Bonchev–Trinajstić information content (AvgIpc) is 3.13. The van der Waals surface area contributed by atoms with Gasteiger partial charge in [0.1, 0.15) is 10.7 Å². The highest BCUT2D eigenvalue weighted by atomic mass is 32.1. The molecule has 0 saturated carbocycles. The summed E-state index contributed by atoms with van der Waals surface area (Å²) in [6.07, 6.45) is 7.70. The van der Waals surface area contributed by atoms with Crippen molar-refractivity contribution in [2.75, 3.05) is 26.2 Å². The molecule has 1 amide bonds. The number of nitrogens with one attached hydrogen (secondary N) is 1. The molecule has 0 radical (unpaired) electrons. The number of H-pyrrole nitrogens is 1. The Labute approximate surface area is 172 Å². The van der Waals surface area contributed by atoms with Crippen LogP contribution in [0.15, 0.2) is 29.3 Å². The third-order valence-corrected chi connectivity index (χ3v) is 7.02. The average molecular weight is 410 g/mol. The molecule has 0 aromatic carbocycles. The first-order chi connectivity index (χ1) is 14.2. The minimum Gasteiger partial charge on any atom is -0.336 e. The number of aryl methyl sites for hydroxylation is 2. The highest BCUT2D eigenvalue weighted by Crippen LogP contribution is 2.33. The lowest BCUT2D eigenvalue weighted by Gasteiger charge is -2.34. The van der Waals surface area contributed by atoms with E-state index in [1.165, 1.54) is 16.9 Å². The summed E-state index contributed by atoms with van der Waals surface area (Å²) in [5.41, 5.74) is 1.89. The molecule has 3 aromatic heterocycles. The molecule has 1 fully saturated rings. The van der Waals surface area contributed by atoms with Crippen molar-refractivity contribution in [2.45, 2.75) is 32.2 Å². The van der Waals surface area contributed by atoms with Gasteiger partial charge in [-0.25, -0.2) is 4.98 Å². The Hall–Kier alpha value is -2.58. The van der Waals surface area contributed by atoms with Crippen LogP contribution >= 0.6 is 11.3 Å². The molecule has 5 rings (SSSR count). The number of fused-ring (bicyclic) bond motifs is 3. The molecule has 2 aliphatic rings. The molecule has 0 unspecified atom stereocenters. The number of pyridine rings is 1. The Morgan fingerprint density at radius 1 is 1.10 bits per heavy atom. The van der Waals surface area contributed by atoms with Crippen LogP contribution in [0.2, 0.25) is 0 Å². The van der Waals surface area contributed by atoms with Gasteiger partial charge in [-0.1, -0.05) is 0 Å². The second-order valence-corrected chi connectivity index (χ2v) is 8.79. The second-order valence-electron chi connectivity index (χ2n) is 7.71. The van der Waals surface area contributed by atoms with Gasteiger partial charge in [0, 0.05) is 49.0 Å². The lowest BCUT2D eigenvalue weighted by molar-refractivity contribution is 0.0625. The van der Waals surface area contributed by atoms with Crippen LogP contribution in [0.5, 0.6) is 0 Å². The second kappa shape index (κ2) is 7.68. The number of amides is 1. The smallest absolute Gasteiger partial charge is 0.259 e. The van der Waals surface area contributed by atoms with Crippen LogP contribution in [0.3, 0.4) is 0 Å². The first-order valence-corrected chi connectivity index (χ1v) is 11.0. The maximum Gasteiger partial charge on any atom is 0.259 e. The van der Waals surface area contributed by atoms with Crippen LogP contribution in [0, 0.1) is 0 Å². The first kappa shape index (κ1) is 18.4. The van der Waals surface area contributed by atoms with E-state index in [-0.39, 0.29) is 11.5 Å². The number of carbonyl (C=O) groups excluding carboxylic acids is 1. The summed E-state index contributed by atoms with van der Waals surface area (Å²) in [5, 5.41) is 0.807. The van der Waals surface area contributed by atoms with Gasteiger partial charge in [0.25, 0.3) is 11.5 Å². The number of hydrogen-bond donors (Lipinski definition) is 1. The van der Waals surface area contributed by atoms with Gasteiger partial charge in [-0.3, -0.25) is 19.5 Å². The lowest BCUT2D eigenvalue weighted by Crippen LogP contribution is -2.48. The molecule has 1 saturated heterocycles. The predicted molar refractivity (Wildman–Crippen MR) is 112 cm³/mol. The molecule has 0 bridgehead atoms. The van der Waals surface area contributed by atoms with E-state index in [1.807, 2.05) is 4.90 Å². The number of carbonyl (C=O) groups is 1. The Kier molecular flexibility index (Phi) is 4.89. The van der Waals surface area contributed by atoms with Crippen LogP contribution in [0.25, 0.3) is 10.2 Å². The Bertz CT molecular complexity index is 1100. The van der Waals surface area contributed by atoms with Crippen molar-refractivity contribution in [3.63, 3.8) is 0 Å². The monoisotopic (exact) mass is 409 g/mol. The van der Waals surface area contributed by atoms with Crippen LogP contribution in [-0.4, -0.2) is 56.8 Å². The number of rotatable bonds is 3. The van der Waals surface area contributed by atoms with Crippen LogP contribution in [0.4, 0.5) is 0 Å². The van der Waals surface area contributed by atoms with Crippen molar-refractivity contribution in [3.8, 4) is 0 Å². The standard InChI is InChI=1S/C21H23N5O2S/c27-19-18-15-3-1-2-4-16(15)29-20(18)24-17(23-19)13-25-9-11-26(12-10-25)21(28)14-5-7-22-8-6-14/h5-8H,1-4,9-13H2,(H,23,24,27). The summed E-state index contributed by atoms with van der Waals surface area (Å²) in [6, 6.07) is 3.50. The van der Waals surface area contributed by atoms with Crippen molar-refractivity contribution in [1.29, 1.82) is 0 Å². The molecule has 150 valence electrons. The third kappa shape index (κ3) is 3.58. The van der Waals surface area contributed by atoms with E-state index in [4.69, 9.17) is 4.98 Å². The Morgan fingerprint density at radius 2 is 1.86 bits per heavy atom. The maximum atomic E-state index is 12.7. The molecular weight excluding hydrogens is 386 g/mol. The zero-order valence-electron chi connectivity index (χ0n) is 16.2. The van der Waals surface area contributed by atoms with E-state index in [1.54, 1.807) is 35.9 Å². The number of nitrogens with zero attached hydrogens (tertiary/aromatic N) is 4. The SMILES string of the molecule is O=C(c1ccncc1)N1CCN(Cc2nc3sc4c(c3c(=O)[nH]2)CCCC4)CC1. The van der Waals surface area contributed by atoms with E-state index in [9.17, 15) is 9.59 Å². The lowest BCUT2D eigenvalue weighted by atomic mass is 9.97. The topological polar surface area (TPSA) is 82.2 Å². The van der Waals surface area contributed by atoms with Gasteiger partial charge in [0.05, 0.1) is 11.9 Å². The van der Waals surface area contributed by atoms with E-state index in [0.29, 0.717) is 25.2 Å². The molecular formula is C21H23N5O2S. The summed E-state index contributed by atoms with van der Waals surface area (Å²) < 4.78 is 0. The Morgan fingerprint density at radius 3 is 2.66 bits per heavy atom. The fraction of sp³-hybridized carbons (Fsp3) is 0.429. The van der Waals surface area contributed by atoms with Crippen molar-refractivity contribution in [3.05, 3.63) is 56.7 Å². The third-order valence-electron chi connectivity index (χ3n) is 5.83. The Balaban J connectivity index is 1.28. The number of aromatic nitrogens is 3. The van der Waals surface area contributed by atoms with Gasteiger partial charge in [0.15, 0.2) is 0 Å². The number of thiophene rings is 1. The molecule has 29 heavy (non-hydrogen) atoms. The predicted octanol–water partition coefficient (Wildman–Crippen LogP) is 2.22. The summed E-state index contributed by atoms with van der Waals surface area (Å²) in [7, 11) is 0. The molecule has 7 nitrogen and oxygen atoms in total. The number of piperazine rings is 1. The van der Waals surface area contributed by atoms with Crippen LogP contribution in [0.1, 0.15) is 39.5 Å². The highest BCUT2D eigenvalue weighted by molar-refractivity contribution is 7.18. The number of hydrogen-bond acceptors (Lipinski definition) is 6. The maximum absolute atomic E-state index is 12.7. The minimum atomic E-state index is -0.00380. The zero-order valence-corrected chi connectivity index (χ0v) is 17.0. The largest absolute Gasteiger partial charge is 0.336 e. The highest BCUT2D eigenvalue weighted by Gasteiger charge is 2.24. The van der Waals surface area contributed by atoms with Gasteiger partial charge in [-0.05, 0) is 43.4 Å². The van der Waals surface area contributed by atoms with Gasteiger partial charge in [-0.2, -0.15) is 0 Å². The molecule has 1 N–H and O–H groups in total. The number of aromatic amines is 1. The molecule has 4 heterocycles. The molecule has 8 heteroatoms. The first-order valence-electron chi connectivity index (χ1n) is 10.1. The van der Waals surface area contributed by atoms with Crippen molar-refractivity contribution in [1.82, 2.24) is 24.8 Å². The van der Waals surface area contributed by atoms with Crippen LogP contribution in [-0.2, 0) is 19.4 Å². The summed E-state index contributed by atoms with van der Waals surface area (Å²) >= 11 is 1.68. The summed E-state index contributed by atoms with van der Waals surface area (Å²) in [4.78, 5) is 43.4. The molecule has 3 aromatic rings. The summed E-state index contributed by atoms with van der Waals surface area (Å²) in [5.74, 6) is 0.763. The fourth-order valence-electron chi connectivity index (χ4n) is 4.28. The van der Waals surface area contributed by atoms with Crippen molar-refractivity contribution < 1.29 is 4.79 Å². The van der Waals surface area contributed by atoms with Gasteiger partial charge in [0.2, 0.25) is 0 Å². The van der Waals surface area contributed by atoms with Gasteiger partial charge < -0.3 is 9.88 Å². The molecule has 1 aliphatic carbocycles. The van der Waals surface area contributed by atoms with Crippen LogP contribution < -0.4 is 5.56 Å². The van der Waals surface area contributed by atoms with Gasteiger partial charge in [-0.15, -0.1) is 11.3 Å². The molecule has 0 atom stereocenters. The van der Waals surface area contributed by atoms with Gasteiger partial charge >= 0.3 is 0 Å². The molecule has 0 spiro atoms. The zero-order chi connectivity index (χ0) is 19.8.